The lowest BCUT2D eigenvalue weighted by Gasteiger charge is -2.25. The fourth-order valence-electron chi connectivity index (χ4n) is 2.82. The molecule has 0 amide bonds. The summed E-state index contributed by atoms with van der Waals surface area (Å²) >= 11 is 8.10. The molecule has 4 rings (SSSR count). The van der Waals surface area contributed by atoms with Gasteiger partial charge in [0.15, 0.2) is 0 Å². The zero-order chi connectivity index (χ0) is 15.8. The van der Waals surface area contributed by atoms with Crippen LogP contribution in [0.1, 0.15) is 24.8 Å². The van der Waals surface area contributed by atoms with Crippen LogP contribution in [-0.2, 0) is 0 Å². The number of hydrogen-bond donors (Lipinski definition) is 0. The van der Waals surface area contributed by atoms with Crippen molar-refractivity contribution in [3.8, 4) is 17.3 Å². The molecule has 1 aliphatic carbocycles. The van der Waals surface area contributed by atoms with Crippen molar-refractivity contribution < 1.29 is 0 Å². The van der Waals surface area contributed by atoms with Crippen molar-refractivity contribution in [2.45, 2.75) is 29.4 Å². The van der Waals surface area contributed by atoms with Gasteiger partial charge in [-0.05, 0) is 37.1 Å². The Kier molecular flexibility index (Phi) is 3.76. The van der Waals surface area contributed by atoms with E-state index in [-0.39, 0.29) is 0 Å². The van der Waals surface area contributed by atoms with Crippen LogP contribution in [-0.4, -0.2) is 14.6 Å². The van der Waals surface area contributed by atoms with E-state index >= 15 is 0 Å². The summed E-state index contributed by atoms with van der Waals surface area (Å²) in [5, 5.41) is 10.6. The van der Waals surface area contributed by atoms with Crippen molar-refractivity contribution in [2.24, 2.45) is 0 Å². The molecule has 3 nitrogen and oxygen atoms in total. The molecule has 1 saturated carbocycles. The SMILES string of the molecule is N#Cc1ccc(-c2cnccc2SC2CCC2)n2cc(Cl)cc12. The average Bonchev–Trinajstić information content (AvgIpc) is 2.92. The number of halogens is 1. The van der Waals surface area contributed by atoms with Crippen molar-refractivity contribution in [1.29, 1.82) is 5.26 Å². The van der Waals surface area contributed by atoms with Gasteiger partial charge in [0.05, 0.1) is 21.8 Å². The minimum Gasteiger partial charge on any atom is -0.314 e. The molecule has 23 heavy (non-hydrogen) atoms. The summed E-state index contributed by atoms with van der Waals surface area (Å²) in [5.41, 5.74) is 3.56. The Morgan fingerprint density at radius 3 is 2.91 bits per heavy atom. The number of aromatic nitrogens is 2. The van der Waals surface area contributed by atoms with Crippen LogP contribution in [0, 0.1) is 11.3 Å². The molecule has 0 bridgehead atoms. The van der Waals surface area contributed by atoms with Crippen LogP contribution < -0.4 is 0 Å². The Balaban J connectivity index is 1.88. The molecular weight excluding hydrogens is 326 g/mol. The lowest BCUT2D eigenvalue weighted by Crippen LogP contribution is -2.13. The summed E-state index contributed by atoms with van der Waals surface area (Å²) < 4.78 is 1.99. The van der Waals surface area contributed by atoms with Gasteiger partial charge >= 0.3 is 0 Å². The average molecular weight is 340 g/mol. The van der Waals surface area contributed by atoms with Gasteiger partial charge in [0.25, 0.3) is 0 Å². The minimum absolute atomic E-state index is 0.623. The molecule has 5 heteroatoms. The minimum atomic E-state index is 0.623. The first-order chi connectivity index (χ1) is 11.3. The molecule has 3 heterocycles. The molecule has 0 N–H and O–H groups in total. The van der Waals surface area contributed by atoms with Gasteiger partial charge in [0.1, 0.15) is 6.07 Å². The molecule has 3 aromatic heterocycles. The van der Waals surface area contributed by atoms with Crippen LogP contribution in [0.3, 0.4) is 0 Å². The van der Waals surface area contributed by atoms with Crippen molar-refractivity contribution in [3.05, 3.63) is 53.4 Å². The topological polar surface area (TPSA) is 41.1 Å². The van der Waals surface area contributed by atoms with E-state index in [0.29, 0.717) is 15.8 Å². The predicted molar refractivity (Wildman–Crippen MR) is 93.8 cm³/mol. The Bertz CT molecular complexity index is 922. The third kappa shape index (κ3) is 2.60. The molecular formula is C18H14ClN3S. The van der Waals surface area contributed by atoms with Crippen molar-refractivity contribution >= 4 is 28.9 Å². The second-order valence-corrected chi connectivity index (χ2v) is 7.48. The molecule has 3 aromatic rings. The largest absolute Gasteiger partial charge is 0.314 e. The highest BCUT2D eigenvalue weighted by Gasteiger charge is 2.21. The molecule has 0 atom stereocenters. The van der Waals surface area contributed by atoms with Crippen LogP contribution in [0.25, 0.3) is 16.8 Å². The quantitative estimate of drug-likeness (QED) is 0.661. The van der Waals surface area contributed by atoms with E-state index in [2.05, 4.69) is 17.1 Å². The third-order valence-electron chi connectivity index (χ3n) is 4.25. The number of nitriles is 1. The van der Waals surface area contributed by atoms with Crippen LogP contribution in [0.15, 0.2) is 47.8 Å². The van der Waals surface area contributed by atoms with E-state index in [1.807, 2.05) is 53.0 Å². The fraction of sp³-hybridized carbons (Fsp3) is 0.222. The summed E-state index contributed by atoms with van der Waals surface area (Å²) in [6, 6.07) is 9.96. The lowest BCUT2D eigenvalue weighted by atomic mass is 10.00. The third-order valence-corrected chi connectivity index (χ3v) is 5.87. The Morgan fingerprint density at radius 2 is 2.17 bits per heavy atom. The molecule has 0 saturated heterocycles. The molecule has 1 aliphatic rings. The van der Waals surface area contributed by atoms with Crippen LogP contribution in [0.4, 0.5) is 0 Å². The van der Waals surface area contributed by atoms with E-state index in [1.165, 1.54) is 24.2 Å². The van der Waals surface area contributed by atoms with Gasteiger partial charge in [-0.2, -0.15) is 5.26 Å². The van der Waals surface area contributed by atoms with Crippen molar-refractivity contribution in [3.63, 3.8) is 0 Å². The van der Waals surface area contributed by atoms with Crippen LogP contribution in [0.5, 0.6) is 0 Å². The standard InChI is InChI=1S/C18H14ClN3S/c19-13-8-17-12(9-20)4-5-16(22(17)11-13)15-10-21-7-6-18(15)23-14-2-1-3-14/h4-8,10-11,14H,1-3H2. The normalized spacial score (nSPS) is 14.6. The van der Waals surface area contributed by atoms with Gasteiger partial charge in [-0.25, -0.2) is 0 Å². The van der Waals surface area contributed by atoms with Gasteiger partial charge in [-0.3, -0.25) is 4.98 Å². The molecule has 0 aliphatic heterocycles. The Morgan fingerprint density at radius 1 is 1.30 bits per heavy atom. The fourth-order valence-corrected chi connectivity index (χ4v) is 4.38. The van der Waals surface area contributed by atoms with Crippen LogP contribution in [0.2, 0.25) is 5.02 Å². The Hall–Kier alpha value is -1.96. The molecule has 1 fully saturated rings. The van der Waals surface area contributed by atoms with Crippen molar-refractivity contribution in [2.75, 3.05) is 0 Å². The monoisotopic (exact) mass is 339 g/mol. The van der Waals surface area contributed by atoms with E-state index in [9.17, 15) is 5.26 Å². The predicted octanol–water partition coefficient (Wildman–Crippen LogP) is 5.17. The highest BCUT2D eigenvalue weighted by molar-refractivity contribution is 8.00. The molecule has 0 unspecified atom stereocenters. The maximum absolute atomic E-state index is 9.30. The summed E-state index contributed by atoms with van der Waals surface area (Å²) in [7, 11) is 0. The smallest absolute Gasteiger partial charge is 0.101 e. The van der Waals surface area contributed by atoms with Gasteiger partial charge in [-0.1, -0.05) is 18.0 Å². The number of fused-ring (bicyclic) bond motifs is 1. The van der Waals surface area contributed by atoms with Gasteiger partial charge in [0, 0.05) is 34.3 Å². The molecule has 114 valence electrons. The highest BCUT2D eigenvalue weighted by Crippen LogP contribution is 2.40. The lowest BCUT2D eigenvalue weighted by molar-refractivity contribution is 0.522. The van der Waals surface area contributed by atoms with Crippen molar-refractivity contribution in [1.82, 2.24) is 9.38 Å². The van der Waals surface area contributed by atoms with Gasteiger partial charge < -0.3 is 4.40 Å². The second kappa shape index (κ2) is 5.92. The first-order valence-corrected chi connectivity index (χ1v) is 8.84. The van der Waals surface area contributed by atoms with E-state index in [1.54, 1.807) is 0 Å². The zero-order valence-corrected chi connectivity index (χ0v) is 13.9. The maximum atomic E-state index is 9.30. The van der Waals surface area contributed by atoms with E-state index in [0.717, 1.165) is 16.8 Å². The van der Waals surface area contributed by atoms with Crippen LogP contribution >= 0.6 is 23.4 Å². The summed E-state index contributed by atoms with van der Waals surface area (Å²) in [5.74, 6) is 0. The number of hydrogen-bond acceptors (Lipinski definition) is 3. The highest BCUT2D eigenvalue weighted by atomic mass is 35.5. The molecule has 0 spiro atoms. The summed E-state index contributed by atoms with van der Waals surface area (Å²) in [6.45, 7) is 0. The maximum Gasteiger partial charge on any atom is 0.101 e. The molecule has 0 radical (unpaired) electrons. The van der Waals surface area contributed by atoms with E-state index < -0.39 is 0 Å². The summed E-state index contributed by atoms with van der Waals surface area (Å²) in [4.78, 5) is 5.54. The number of pyridine rings is 2. The summed E-state index contributed by atoms with van der Waals surface area (Å²) in [6.07, 6.45) is 9.49. The first kappa shape index (κ1) is 14.6. The molecule has 0 aromatic carbocycles. The second-order valence-electron chi connectivity index (χ2n) is 5.70. The number of rotatable bonds is 3. The van der Waals surface area contributed by atoms with E-state index in [4.69, 9.17) is 11.6 Å². The number of nitrogens with zero attached hydrogens (tertiary/aromatic N) is 3. The first-order valence-electron chi connectivity index (χ1n) is 7.58. The Labute approximate surface area is 143 Å². The van der Waals surface area contributed by atoms with Gasteiger partial charge in [0.2, 0.25) is 0 Å². The van der Waals surface area contributed by atoms with Gasteiger partial charge in [-0.15, -0.1) is 11.8 Å². The number of thioether (sulfide) groups is 1. The zero-order valence-electron chi connectivity index (χ0n) is 12.4.